The molecule has 0 spiro atoms. The summed E-state index contributed by atoms with van der Waals surface area (Å²) in [6.07, 6.45) is 2.62. The standard InChI is InChI=1S/C8H18N2O3S/c1-2-3-6-13-7-4-10-5-8-14(9,11)12/h2,10H,1,3-8H2,(H2,9,11,12). The normalized spacial score (nSPS) is 11.5. The minimum atomic E-state index is -3.34. The summed E-state index contributed by atoms with van der Waals surface area (Å²) in [5.41, 5.74) is 0. The van der Waals surface area contributed by atoms with Crippen molar-refractivity contribution in [3.8, 4) is 0 Å². The van der Waals surface area contributed by atoms with Gasteiger partial charge < -0.3 is 10.1 Å². The SMILES string of the molecule is C=CCCOCCNCCS(N)(=O)=O. The monoisotopic (exact) mass is 222 g/mol. The zero-order valence-corrected chi connectivity index (χ0v) is 9.05. The Hall–Kier alpha value is -0.430. The van der Waals surface area contributed by atoms with E-state index in [0.717, 1.165) is 6.42 Å². The summed E-state index contributed by atoms with van der Waals surface area (Å²) in [4.78, 5) is 0. The quantitative estimate of drug-likeness (QED) is 0.405. The Morgan fingerprint density at radius 2 is 2.07 bits per heavy atom. The molecule has 0 amide bonds. The van der Waals surface area contributed by atoms with E-state index in [0.29, 0.717) is 26.3 Å². The van der Waals surface area contributed by atoms with Crippen molar-refractivity contribution in [3.63, 3.8) is 0 Å². The lowest BCUT2D eigenvalue weighted by atomic mass is 10.4. The van der Waals surface area contributed by atoms with Gasteiger partial charge in [-0.25, -0.2) is 13.6 Å². The number of primary sulfonamides is 1. The molecule has 0 aliphatic rings. The average molecular weight is 222 g/mol. The van der Waals surface area contributed by atoms with E-state index in [1.54, 1.807) is 6.08 Å². The van der Waals surface area contributed by atoms with Crippen LogP contribution in [0.25, 0.3) is 0 Å². The molecule has 0 aromatic carbocycles. The summed E-state index contributed by atoms with van der Waals surface area (Å²) in [6, 6.07) is 0. The third-order valence-electron chi connectivity index (χ3n) is 1.45. The second-order valence-electron chi connectivity index (χ2n) is 2.81. The van der Waals surface area contributed by atoms with Gasteiger partial charge in [0.25, 0.3) is 0 Å². The molecule has 0 radical (unpaired) electrons. The molecule has 6 heteroatoms. The highest BCUT2D eigenvalue weighted by atomic mass is 32.2. The summed E-state index contributed by atoms with van der Waals surface area (Å²) in [7, 11) is -3.34. The third-order valence-corrected chi connectivity index (χ3v) is 2.23. The van der Waals surface area contributed by atoms with Gasteiger partial charge in [-0.05, 0) is 6.42 Å². The topological polar surface area (TPSA) is 81.4 Å². The van der Waals surface area contributed by atoms with Gasteiger partial charge in [0.05, 0.1) is 19.0 Å². The van der Waals surface area contributed by atoms with Crippen molar-refractivity contribution in [2.75, 3.05) is 32.1 Å². The van der Waals surface area contributed by atoms with Crippen molar-refractivity contribution in [3.05, 3.63) is 12.7 Å². The van der Waals surface area contributed by atoms with Crippen LogP contribution in [0.15, 0.2) is 12.7 Å². The summed E-state index contributed by atoms with van der Waals surface area (Å²) in [6.45, 7) is 5.78. The minimum Gasteiger partial charge on any atom is -0.380 e. The van der Waals surface area contributed by atoms with E-state index in [1.807, 2.05) is 0 Å². The maximum Gasteiger partial charge on any atom is 0.210 e. The number of hydrogen-bond acceptors (Lipinski definition) is 4. The molecule has 0 saturated heterocycles. The Labute approximate surface area is 85.4 Å². The van der Waals surface area contributed by atoms with Crippen LogP contribution in [0, 0.1) is 0 Å². The van der Waals surface area contributed by atoms with E-state index in [-0.39, 0.29) is 5.75 Å². The number of ether oxygens (including phenoxy) is 1. The highest BCUT2D eigenvalue weighted by Gasteiger charge is 2.00. The van der Waals surface area contributed by atoms with Gasteiger partial charge in [0, 0.05) is 13.1 Å². The molecule has 0 aliphatic heterocycles. The second kappa shape index (κ2) is 7.93. The highest BCUT2D eigenvalue weighted by Crippen LogP contribution is 1.81. The highest BCUT2D eigenvalue weighted by molar-refractivity contribution is 7.89. The lowest BCUT2D eigenvalue weighted by Gasteiger charge is -2.04. The lowest BCUT2D eigenvalue weighted by Crippen LogP contribution is -2.29. The van der Waals surface area contributed by atoms with Gasteiger partial charge >= 0.3 is 0 Å². The molecule has 0 rings (SSSR count). The molecule has 0 bridgehead atoms. The van der Waals surface area contributed by atoms with E-state index in [2.05, 4.69) is 11.9 Å². The molecule has 0 atom stereocenters. The Kier molecular flexibility index (Phi) is 7.68. The zero-order valence-electron chi connectivity index (χ0n) is 8.24. The average Bonchev–Trinajstić information content (AvgIpc) is 2.08. The van der Waals surface area contributed by atoms with Crippen LogP contribution in [-0.2, 0) is 14.8 Å². The van der Waals surface area contributed by atoms with Gasteiger partial charge in [-0.3, -0.25) is 0 Å². The summed E-state index contributed by atoms with van der Waals surface area (Å²) < 4.78 is 26.2. The lowest BCUT2D eigenvalue weighted by molar-refractivity contribution is 0.141. The van der Waals surface area contributed by atoms with Gasteiger partial charge in [0.15, 0.2) is 0 Å². The molecule has 5 nitrogen and oxygen atoms in total. The minimum absolute atomic E-state index is 0.0420. The molecule has 0 heterocycles. The van der Waals surface area contributed by atoms with E-state index in [1.165, 1.54) is 0 Å². The van der Waals surface area contributed by atoms with Crippen LogP contribution < -0.4 is 10.5 Å². The van der Waals surface area contributed by atoms with E-state index in [9.17, 15) is 8.42 Å². The first kappa shape index (κ1) is 13.6. The van der Waals surface area contributed by atoms with Crippen molar-refractivity contribution in [1.82, 2.24) is 5.32 Å². The Balaban J connectivity index is 3.10. The maximum atomic E-state index is 10.5. The molecular weight excluding hydrogens is 204 g/mol. The maximum absolute atomic E-state index is 10.5. The fourth-order valence-electron chi connectivity index (χ4n) is 0.752. The first-order chi connectivity index (χ1) is 6.56. The van der Waals surface area contributed by atoms with E-state index >= 15 is 0 Å². The van der Waals surface area contributed by atoms with E-state index < -0.39 is 10.0 Å². The molecule has 14 heavy (non-hydrogen) atoms. The fourth-order valence-corrected chi connectivity index (χ4v) is 1.18. The van der Waals surface area contributed by atoms with Gasteiger partial charge in [-0.15, -0.1) is 6.58 Å². The zero-order chi connectivity index (χ0) is 10.9. The molecule has 0 unspecified atom stereocenters. The first-order valence-electron chi connectivity index (χ1n) is 4.46. The van der Waals surface area contributed by atoms with Gasteiger partial charge in [-0.1, -0.05) is 6.08 Å². The molecular formula is C8H18N2O3S. The predicted molar refractivity (Wildman–Crippen MR) is 56.5 cm³/mol. The van der Waals surface area contributed by atoms with Gasteiger partial charge in [0.2, 0.25) is 10.0 Å². The number of nitrogens with two attached hydrogens (primary N) is 1. The van der Waals surface area contributed by atoms with E-state index in [4.69, 9.17) is 9.88 Å². The van der Waals surface area contributed by atoms with Crippen LogP contribution in [0.1, 0.15) is 6.42 Å². The van der Waals surface area contributed by atoms with Crippen LogP contribution in [0.5, 0.6) is 0 Å². The number of hydrogen-bond donors (Lipinski definition) is 2. The first-order valence-corrected chi connectivity index (χ1v) is 6.17. The summed E-state index contributed by atoms with van der Waals surface area (Å²) in [5, 5.41) is 7.71. The Morgan fingerprint density at radius 3 is 2.64 bits per heavy atom. The number of rotatable bonds is 9. The molecule has 3 N–H and O–H groups in total. The third kappa shape index (κ3) is 11.6. The van der Waals surface area contributed by atoms with Gasteiger partial charge in [0.1, 0.15) is 0 Å². The van der Waals surface area contributed by atoms with Crippen LogP contribution in [-0.4, -0.2) is 40.5 Å². The Bertz CT molecular complexity index is 239. The predicted octanol–water partition coefficient (Wildman–Crippen LogP) is -0.543. The summed E-state index contributed by atoms with van der Waals surface area (Å²) >= 11 is 0. The van der Waals surface area contributed by atoms with Crippen molar-refractivity contribution < 1.29 is 13.2 Å². The van der Waals surface area contributed by atoms with Crippen molar-refractivity contribution >= 4 is 10.0 Å². The second-order valence-corrected chi connectivity index (χ2v) is 4.54. The molecule has 0 aliphatic carbocycles. The fraction of sp³-hybridized carbons (Fsp3) is 0.750. The largest absolute Gasteiger partial charge is 0.380 e. The van der Waals surface area contributed by atoms with Crippen LogP contribution in [0.2, 0.25) is 0 Å². The van der Waals surface area contributed by atoms with Crippen molar-refractivity contribution in [1.29, 1.82) is 0 Å². The van der Waals surface area contributed by atoms with Crippen LogP contribution in [0.4, 0.5) is 0 Å². The number of nitrogens with one attached hydrogen (secondary N) is 1. The van der Waals surface area contributed by atoms with Gasteiger partial charge in [-0.2, -0.15) is 0 Å². The Morgan fingerprint density at radius 1 is 1.36 bits per heavy atom. The molecule has 0 aromatic rings. The molecule has 0 fully saturated rings. The van der Waals surface area contributed by atoms with Crippen molar-refractivity contribution in [2.45, 2.75) is 6.42 Å². The number of sulfonamides is 1. The smallest absolute Gasteiger partial charge is 0.210 e. The van der Waals surface area contributed by atoms with Crippen LogP contribution in [0.3, 0.4) is 0 Å². The van der Waals surface area contributed by atoms with Crippen LogP contribution >= 0.6 is 0 Å². The molecule has 0 saturated carbocycles. The van der Waals surface area contributed by atoms with Crippen molar-refractivity contribution in [2.24, 2.45) is 5.14 Å². The summed E-state index contributed by atoms with van der Waals surface area (Å²) in [5.74, 6) is -0.0420. The molecule has 84 valence electrons. The molecule has 0 aromatic heterocycles.